The standard InChI is InChI=1S/C7H17NO3/c1-8-5-7(11)6(10)3-2-4-9/h6-11H,2-5H2,1H3/t6-,7?/m0/s1. The first-order chi connectivity index (χ1) is 5.22. The highest BCUT2D eigenvalue weighted by molar-refractivity contribution is 4.68. The summed E-state index contributed by atoms with van der Waals surface area (Å²) in [6.45, 7) is 0.440. The van der Waals surface area contributed by atoms with Crippen molar-refractivity contribution in [2.24, 2.45) is 0 Å². The molecule has 1 unspecified atom stereocenters. The lowest BCUT2D eigenvalue weighted by Crippen LogP contribution is -2.34. The van der Waals surface area contributed by atoms with Crippen molar-refractivity contribution >= 4 is 0 Å². The maximum atomic E-state index is 9.18. The van der Waals surface area contributed by atoms with Crippen molar-refractivity contribution in [2.45, 2.75) is 25.0 Å². The van der Waals surface area contributed by atoms with Gasteiger partial charge in [0.15, 0.2) is 0 Å². The zero-order valence-electron chi connectivity index (χ0n) is 6.82. The fraction of sp³-hybridized carbons (Fsp3) is 1.00. The molecular weight excluding hydrogens is 146 g/mol. The Morgan fingerprint density at radius 2 is 1.91 bits per heavy atom. The molecule has 4 N–H and O–H groups in total. The van der Waals surface area contributed by atoms with Crippen LogP contribution in [0.25, 0.3) is 0 Å². The number of nitrogens with one attached hydrogen (secondary N) is 1. The van der Waals surface area contributed by atoms with E-state index in [1.54, 1.807) is 7.05 Å². The third-order valence-electron chi connectivity index (χ3n) is 1.52. The maximum Gasteiger partial charge on any atom is 0.0922 e. The van der Waals surface area contributed by atoms with Crippen molar-refractivity contribution in [3.63, 3.8) is 0 Å². The molecule has 0 spiro atoms. The Bertz CT molecular complexity index is 89.8. The Kier molecular flexibility index (Phi) is 6.45. The van der Waals surface area contributed by atoms with E-state index in [1.807, 2.05) is 0 Å². The van der Waals surface area contributed by atoms with Crippen molar-refractivity contribution < 1.29 is 15.3 Å². The average molecular weight is 163 g/mol. The smallest absolute Gasteiger partial charge is 0.0922 e. The number of rotatable bonds is 6. The highest BCUT2D eigenvalue weighted by atomic mass is 16.3. The molecule has 0 aliphatic heterocycles. The van der Waals surface area contributed by atoms with Crippen LogP contribution >= 0.6 is 0 Å². The zero-order chi connectivity index (χ0) is 8.69. The summed E-state index contributed by atoms with van der Waals surface area (Å²) in [5, 5.41) is 29.5. The highest BCUT2D eigenvalue weighted by Crippen LogP contribution is 2.00. The first-order valence-electron chi connectivity index (χ1n) is 3.84. The van der Waals surface area contributed by atoms with E-state index in [1.165, 1.54) is 0 Å². The van der Waals surface area contributed by atoms with E-state index < -0.39 is 12.2 Å². The fourth-order valence-corrected chi connectivity index (χ4v) is 0.838. The quantitative estimate of drug-likeness (QED) is 0.393. The molecule has 0 bridgehead atoms. The van der Waals surface area contributed by atoms with Gasteiger partial charge in [0.1, 0.15) is 0 Å². The molecule has 0 amide bonds. The first-order valence-corrected chi connectivity index (χ1v) is 3.84. The number of aliphatic hydroxyl groups excluding tert-OH is 3. The fourth-order valence-electron chi connectivity index (χ4n) is 0.838. The number of hydrogen-bond donors (Lipinski definition) is 4. The van der Waals surface area contributed by atoms with Gasteiger partial charge >= 0.3 is 0 Å². The largest absolute Gasteiger partial charge is 0.396 e. The van der Waals surface area contributed by atoms with E-state index in [2.05, 4.69) is 5.32 Å². The second-order valence-electron chi connectivity index (χ2n) is 2.56. The van der Waals surface area contributed by atoms with E-state index >= 15 is 0 Å². The summed E-state index contributed by atoms with van der Waals surface area (Å²) in [6.07, 6.45) is -0.484. The van der Waals surface area contributed by atoms with E-state index in [0.29, 0.717) is 19.4 Å². The van der Waals surface area contributed by atoms with Crippen LogP contribution in [0.1, 0.15) is 12.8 Å². The number of hydrogen-bond acceptors (Lipinski definition) is 4. The molecule has 0 radical (unpaired) electrons. The molecule has 68 valence electrons. The van der Waals surface area contributed by atoms with Crippen LogP contribution in [0, 0.1) is 0 Å². The Balaban J connectivity index is 3.38. The number of aliphatic hydroxyl groups is 3. The average Bonchev–Trinajstić information content (AvgIpc) is 2.00. The predicted molar refractivity (Wildman–Crippen MR) is 42.3 cm³/mol. The summed E-state index contributed by atoms with van der Waals surface area (Å²) < 4.78 is 0. The van der Waals surface area contributed by atoms with E-state index in [0.717, 1.165) is 0 Å². The lowest BCUT2D eigenvalue weighted by atomic mass is 10.1. The Labute approximate surface area is 66.9 Å². The van der Waals surface area contributed by atoms with Crippen molar-refractivity contribution in [2.75, 3.05) is 20.2 Å². The molecule has 0 aromatic rings. The monoisotopic (exact) mass is 163 g/mol. The molecule has 4 nitrogen and oxygen atoms in total. The molecule has 2 atom stereocenters. The molecule has 0 aliphatic carbocycles. The normalized spacial score (nSPS) is 16.4. The summed E-state index contributed by atoms with van der Waals surface area (Å²) in [4.78, 5) is 0. The summed E-state index contributed by atoms with van der Waals surface area (Å²) in [5.41, 5.74) is 0. The summed E-state index contributed by atoms with van der Waals surface area (Å²) in [5.74, 6) is 0. The Hall–Kier alpha value is -0.160. The molecule has 0 fully saturated rings. The minimum absolute atomic E-state index is 0.0589. The molecule has 0 aliphatic rings. The molecule has 0 saturated heterocycles. The summed E-state index contributed by atoms with van der Waals surface area (Å²) in [6, 6.07) is 0. The van der Waals surface area contributed by atoms with Gasteiger partial charge in [0.2, 0.25) is 0 Å². The molecule has 11 heavy (non-hydrogen) atoms. The van der Waals surface area contributed by atoms with Gasteiger partial charge in [-0.05, 0) is 19.9 Å². The third kappa shape index (κ3) is 5.15. The lowest BCUT2D eigenvalue weighted by molar-refractivity contribution is 0.0129. The van der Waals surface area contributed by atoms with Gasteiger partial charge in [-0.15, -0.1) is 0 Å². The molecular formula is C7H17NO3. The van der Waals surface area contributed by atoms with Crippen LogP contribution < -0.4 is 5.32 Å². The van der Waals surface area contributed by atoms with Crippen molar-refractivity contribution in [3.05, 3.63) is 0 Å². The minimum atomic E-state index is -0.730. The molecule has 0 heterocycles. The van der Waals surface area contributed by atoms with E-state index in [4.69, 9.17) is 10.2 Å². The highest BCUT2D eigenvalue weighted by Gasteiger charge is 2.13. The van der Waals surface area contributed by atoms with Gasteiger partial charge in [-0.3, -0.25) is 0 Å². The van der Waals surface area contributed by atoms with Crippen LogP contribution in [-0.4, -0.2) is 47.7 Å². The maximum absolute atomic E-state index is 9.18. The van der Waals surface area contributed by atoms with Crippen molar-refractivity contribution in [3.8, 4) is 0 Å². The molecule has 4 heteroatoms. The van der Waals surface area contributed by atoms with Crippen LogP contribution in [0.15, 0.2) is 0 Å². The van der Waals surface area contributed by atoms with Crippen LogP contribution in [0.2, 0.25) is 0 Å². The zero-order valence-corrected chi connectivity index (χ0v) is 6.82. The van der Waals surface area contributed by atoms with Gasteiger partial charge < -0.3 is 20.6 Å². The lowest BCUT2D eigenvalue weighted by Gasteiger charge is -2.16. The van der Waals surface area contributed by atoms with Crippen LogP contribution in [0.3, 0.4) is 0 Å². The SMILES string of the molecule is CNCC(O)[C@@H](O)CCCO. The van der Waals surface area contributed by atoms with E-state index in [-0.39, 0.29) is 6.61 Å². The minimum Gasteiger partial charge on any atom is -0.396 e. The summed E-state index contributed by atoms with van der Waals surface area (Å²) in [7, 11) is 1.71. The Morgan fingerprint density at radius 3 is 2.36 bits per heavy atom. The molecule has 0 aromatic carbocycles. The van der Waals surface area contributed by atoms with Gasteiger partial charge in [0.05, 0.1) is 12.2 Å². The summed E-state index contributed by atoms with van der Waals surface area (Å²) >= 11 is 0. The van der Waals surface area contributed by atoms with E-state index in [9.17, 15) is 5.11 Å². The molecule has 0 rings (SSSR count). The Morgan fingerprint density at radius 1 is 1.27 bits per heavy atom. The van der Waals surface area contributed by atoms with Crippen molar-refractivity contribution in [1.29, 1.82) is 0 Å². The molecule has 0 aromatic heterocycles. The second kappa shape index (κ2) is 6.54. The van der Waals surface area contributed by atoms with Gasteiger partial charge in [0, 0.05) is 13.2 Å². The molecule has 0 saturated carbocycles. The predicted octanol–water partition coefficient (Wildman–Crippen LogP) is -1.30. The van der Waals surface area contributed by atoms with Gasteiger partial charge in [-0.1, -0.05) is 0 Å². The topological polar surface area (TPSA) is 72.7 Å². The van der Waals surface area contributed by atoms with Crippen LogP contribution in [-0.2, 0) is 0 Å². The third-order valence-corrected chi connectivity index (χ3v) is 1.52. The van der Waals surface area contributed by atoms with Gasteiger partial charge in [-0.25, -0.2) is 0 Å². The number of likely N-dealkylation sites (N-methyl/N-ethyl adjacent to an activating group) is 1. The van der Waals surface area contributed by atoms with Gasteiger partial charge in [0.25, 0.3) is 0 Å². The second-order valence-corrected chi connectivity index (χ2v) is 2.56. The first kappa shape index (κ1) is 10.8. The van der Waals surface area contributed by atoms with Gasteiger partial charge in [-0.2, -0.15) is 0 Å². The van der Waals surface area contributed by atoms with Crippen LogP contribution in [0.4, 0.5) is 0 Å². The van der Waals surface area contributed by atoms with Crippen LogP contribution in [0.5, 0.6) is 0 Å². The van der Waals surface area contributed by atoms with Crippen molar-refractivity contribution in [1.82, 2.24) is 5.32 Å².